The third kappa shape index (κ3) is 2.83. The van der Waals surface area contributed by atoms with Crippen molar-refractivity contribution in [3.63, 3.8) is 0 Å². The molecule has 0 radical (unpaired) electrons. The van der Waals surface area contributed by atoms with Gasteiger partial charge in [-0.15, -0.1) is 0 Å². The third-order valence-electron chi connectivity index (χ3n) is 2.57. The van der Waals surface area contributed by atoms with Crippen LogP contribution in [0.4, 0.5) is 0 Å². The Labute approximate surface area is 79.1 Å². The molecule has 0 aromatic rings. The highest BCUT2D eigenvalue weighted by Gasteiger charge is 2.24. The monoisotopic (exact) mass is 183 g/mol. The van der Waals surface area contributed by atoms with E-state index < -0.39 is 0 Å². The molecule has 3 nitrogen and oxygen atoms in total. The van der Waals surface area contributed by atoms with Crippen molar-refractivity contribution < 1.29 is 9.59 Å². The average molecular weight is 183 g/mol. The predicted octanol–water partition coefficient (Wildman–Crippen LogP) is 1.37. The van der Waals surface area contributed by atoms with Crippen LogP contribution in [0.2, 0.25) is 0 Å². The lowest BCUT2D eigenvalue weighted by atomic mass is 10.0. The van der Waals surface area contributed by atoms with Crippen LogP contribution in [0.1, 0.15) is 39.5 Å². The second-order valence-electron chi connectivity index (χ2n) is 3.78. The summed E-state index contributed by atoms with van der Waals surface area (Å²) < 4.78 is 0. The largest absolute Gasteiger partial charge is 0.340 e. The fourth-order valence-corrected chi connectivity index (χ4v) is 1.72. The molecule has 3 heteroatoms. The normalized spacial score (nSPS) is 23.4. The molecule has 1 rings (SSSR count). The minimum atomic E-state index is 0.158. The van der Waals surface area contributed by atoms with Crippen molar-refractivity contribution in [1.82, 2.24) is 4.90 Å². The maximum atomic E-state index is 11.4. The first-order chi connectivity index (χ1) is 6.11. The summed E-state index contributed by atoms with van der Waals surface area (Å²) in [6, 6.07) is 0.320. The molecular weight excluding hydrogens is 166 g/mol. The zero-order chi connectivity index (χ0) is 9.84. The van der Waals surface area contributed by atoms with Gasteiger partial charge < -0.3 is 4.90 Å². The van der Waals surface area contributed by atoms with Crippen LogP contribution in [0.3, 0.4) is 0 Å². The van der Waals surface area contributed by atoms with Crippen molar-refractivity contribution in [2.45, 2.75) is 45.6 Å². The molecule has 0 bridgehead atoms. The van der Waals surface area contributed by atoms with E-state index in [9.17, 15) is 9.59 Å². The number of piperidine rings is 1. The first-order valence-electron chi connectivity index (χ1n) is 4.90. The molecule has 0 saturated carbocycles. The molecule has 1 aliphatic heterocycles. The first kappa shape index (κ1) is 10.2. The Bertz CT molecular complexity index is 213. The van der Waals surface area contributed by atoms with E-state index in [1.54, 1.807) is 6.92 Å². The Hall–Kier alpha value is -0.860. The summed E-state index contributed by atoms with van der Waals surface area (Å²) in [4.78, 5) is 24.0. The summed E-state index contributed by atoms with van der Waals surface area (Å²) in [7, 11) is 0. The van der Waals surface area contributed by atoms with Crippen LogP contribution in [-0.2, 0) is 9.59 Å². The van der Waals surface area contributed by atoms with Gasteiger partial charge in [0.15, 0.2) is 0 Å². The Kier molecular flexibility index (Phi) is 3.46. The number of rotatable bonds is 3. The lowest BCUT2D eigenvalue weighted by Gasteiger charge is -2.33. The van der Waals surface area contributed by atoms with Crippen molar-refractivity contribution in [3.8, 4) is 0 Å². The molecule has 1 atom stereocenters. The lowest BCUT2D eigenvalue weighted by molar-refractivity contribution is -0.136. The van der Waals surface area contributed by atoms with Crippen LogP contribution in [0.15, 0.2) is 0 Å². The van der Waals surface area contributed by atoms with Gasteiger partial charge in [0.05, 0.1) is 0 Å². The van der Waals surface area contributed by atoms with Gasteiger partial charge >= 0.3 is 0 Å². The number of hydrogen-bond acceptors (Lipinski definition) is 2. The second-order valence-corrected chi connectivity index (χ2v) is 3.78. The van der Waals surface area contributed by atoms with Crippen LogP contribution in [0.25, 0.3) is 0 Å². The predicted molar refractivity (Wildman–Crippen MR) is 50.3 cm³/mol. The maximum absolute atomic E-state index is 11.4. The third-order valence-corrected chi connectivity index (χ3v) is 2.57. The smallest absolute Gasteiger partial charge is 0.222 e. The fraction of sp³-hybridized carbons (Fsp3) is 0.800. The van der Waals surface area contributed by atoms with E-state index in [-0.39, 0.29) is 11.7 Å². The van der Waals surface area contributed by atoms with E-state index in [0.29, 0.717) is 25.4 Å². The molecule has 0 aliphatic carbocycles. The zero-order valence-corrected chi connectivity index (χ0v) is 8.38. The van der Waals surface area contributed by atoms with Crippen LogP contribution in [0.5, 0.6) is 0 Å². The summed E-state index contributed by atoms with van der Waals surface area (Å²) >= 11 is 0. The average Bonchev–Trinajstić information content (AvgIpc) is 2.03. The molecule has 13 heavy (non-hydrogen) atoms. The second kappa shape index (κ2) is 4.40. The van der Waals surface area contributed by atoms with Gasteiger partial charge in [-0.25, -0.2) is 0 Å². The van der Waals surface area contributed by atoms with Gasteiger partial charge in [0.1, 0.15) is 5.78 Å². The van der Waals surface area contributed by atoms with Gasteiger partial charge in [0, 0.05) is 25.4 Å². The molecule has 0 aromatic heterocycles. The van der Waals surface area contributed by atoms with Crippen LogP contribution >= 0.6 is 0 Å². The quantitative estimate of drug-likeness (QED) is 0.662. The highest BCUT2D eigenvalue weighted by molar-refractivity contribution is 5.79. The van der Waals surface area contributed by atoms with Gasteiger partial charge in [0.2, 0.25) is 5.91 Å². The zero-order valence-electron chi connectivity index (χ0n) is 8.38. The molecule has 1 amide bonds. The van der Waals surface area contributed by atoms with Crippen LogP contribution in [-0.4, -0.2) is 29.2 Å². The molecule has 0 N–H and O–H groups in total. The summed E-state index contributed by atoms with van der Waals surface area (Å²) in [6.07, 6.45) is 3.22. The molecule has 74 valence electrons. The molecule has 1 heterocycles. The van der Waals surface area contributed by atoms with Crippen molar-refractivity contribution >= 4 is 11.7 Å². The summed E-state index contributed by atoms with van der Waals surface area (Å²) in [5.74, 6) is 0.366. The molecule has 0 spiro atoms. The van der Waals surface area contributed by atoms with Crippen molar-refractivity contribution in [1.29, 1.82) is 0 Å². The Morgan fingerprint density at radius 3 is 2.85 bits per heavy atom. The SMILES string of the molecule is CC(=O)CCN1C(=O)CCCC1C. The number of carbonyl (C=O) groups is 2. The summed E-state index contributed by atoms with van der Waals surface area (Å²) in [5.41, 5.74) is 0. The van der Waals surface area contributed by atoms with Gasteiger partial charge in [-0.3, -0.25) is 9.59 Å². The van der Waals surface area contributed by atoms with E-state index in [2.05, 4.69) is 6.92 Å². The standard InChI is InChI=1S/C10H17NO2/c1-8-4-3-5-10(13)11(8)7-6-9(2)12/h8H,3-7H2,1-2H3. The topological polar surface area (TPSA) is 37.4 Å². The number of amides is 1. The highest BCUT2D eigenvalue weighted by Crippen LogP contribution is 2.17. The van der Waals surface area contributed by atoms with Crippen LogP contribution in [0, 0.1) is 0 Å². The minimum Gasteiger partial charge on any atom is -0.340 e. The van der Waals surface area contributed by atoms with E-state index in [0.717, 1.165) is 12.8 Å². The highest BCUT2D eigenvalue weighted by atomic mass is 16.2. The fourth-order valence-electron chi connectivity index (χ4n) is 1.72. The van der Waals surface area contributed by atoms with Crippen molar-refractivity contribution in [2.75, 3.05) is 6.54 Å². The Morgan fingerprint density at radius 2 is 2.31 bits per heavy atom. The number of hydrogen-bond donors (Lipinski definition) is 0. The van der Waals surface area contributed by atoms with E-state index >= 15 is 0 Å². The Balaban J connectivity index is 2.44. The van der Waals surface area contributed by atoms with E-state index in [1.807, 2.05) is 4.90 Å². The van der Waals surface area contributed by atoms with Gasteiger partial charge in [-0.2, -0.15) is 0 Å². The van der Waals surface area contributed by atoms with Gasteiger partial charge in [-0.1, -0.05) is 0 Å². The first-order valence-corrected chi connectivity index (χ1v) is 4.90. The maximum Gasteiger partial charge on any atom is 0.222 e. The molecule has 1 fully saturated rings. The van der Waals surface area contributed by atoms with Crippen molar-refractivity contribution in [2.24, 2.45) is 0 Å². The minimum absolute atomic E-state index is 0.158. The lowest BCUT2D eigenvalue weighted by Crippen LogP contribution is -2.42. The molecular formula is C10H17NO2. The van der Waals surface area contributed by atoms with Crippen LogP contribution < -0.4 is 0 Å². The number of likely N-dealkylation sites (tertiary alicyclic amines) is 1. The molecule has 1 unspecified atom stereocenters. The summed E-state index contributed by atoms with van der Waals surface area (Å²) in [6.45, 7) is 4.23. The Morgan fingerprint density at radius 1 is 1.62 bits per heavy atom. The summed E-state index contributed by atoms with van der Waals surface area (Å²) in [5, 5.41) is 0. The van der Waals surface area contributed by atoms with E-state index in [1.165, 1.54) is 0 Å². The number of nitrogens with zero attached hydrogens (tertiary/aromatic N) is 1. The van der Waals surface area contributed by atoms with Gasteiger partial charge in [-0.05, 0) is 26.7 Å². The molecule has 0 aromatic carbocycles. The number of ketones is 1. The van der Waals surface area contributed by atoms with Crippen molar-refractivity contribution in [3.05, 3.63) is 0 Å². The molecule has 1 aliphatic rings. The van der Waals surface area contributed by atoms with E-state index in [4.69, 9.17) is 0 Å². The number of carbonyl (C=O) groups excluding carboxylic acids is 2. The molecule has 1 saturated heterocycles. The van der Waals surface area contributed by atoms with Gasteiger partial charge in [0.25, 0.3) is 0 Å². The number of Topliss-reactive ketones (excluding diaryl/α,β-unsaturated/α-hetero) is 1.